The molecule has 1 aromatic heterocycles. The molecular weight excluding hydrogens is 314 g/mol. The molecule has 4 rings (SSSR count). The second-order valence-electron chi connectivity index (χ2n) is 7.01. The van der Waals surface area contributed by atoms with E-state index in [-0.39, 0.29) is 11.8 Å². The second-order valence-corrected chi connectivity index (χ2v) is 7.01. The Kier molecular flexibility index (Phi) is 3.99. The molecule has 1 saturated carbocycles. The van der Waals surface area contributed by atoms with Gasteiger partial charge in [0.05, 0.1) is 0 Å². The molecule has 1 aliphatic heterocycles. The van der Waals surface area contributed by atoms with Crippen molar-refractivity contribution in [1.29, 1.82) is 0 Å². The SMILES string of the molecule is Cc1cc(NC(=O)c2ccncc2CC2CC2)cc2c1NC(=O)CC2. The Labute approximate surface area is 146 Å². The van der Waals surface area contributed by atoms with Crippen molar-refractivity contribution in [3.05, 3.63) is 52.8 Å². The van der Waals surface area contributed by atoms with Gasteiger partial charge in [0.15, 0.2) is 0 Å². The maximum atomic E-state index is 12.8. The number of rotatable bonds is 4. The Morgan fingerprint density at radius 3 is 2.96 bits per heavy atom. The molecule has 5 nitrogen and oxygen atoms in total. The van der Waals surface area contributed by atoms with Crippen LogP contribution in [0.25, 0.3) is 0 Å². The Morgan fingerprint density at radius 2 is 2.16 bits per heavy atom. The summed E-state index contributed by atoms with van der Waals surface area (Å²) in [5.41, 5.74) is 5.41. The molecule has 2 heterocycles. The number of aryl methyl sites for hydroxylation is 2. The highest BCUT2D eigenvalue weighted by Crippen LogP contribution is 2.34. The lowest BCUT2D eigenvalue weighted by Crippen LogP contribution is -2.21. The van der Waals surface area contributed by atoms with Gasteiger partial charge in [0.25, 0.3) is 5.91 Å². The van der Waals surface area contributed by atoms with Crippen molar-refractivity contribution in [3.63, 3.8) is 0 Å². The number of amides is 2. The molecule has 0 spiro atoms. The molecule has 25 heavy (non-hydrogen) atoms. The van der Waals surface area contributed by atoms with E-state index in [1.54, 1.807) is 18.5 Å². The van der Waals surface area contributed by atoms with Crippen LogP contribution in [0.4, 0.5) is 11.4 Å². The van der Waals surface area contributed by atoms with Crippen molar-refractivity contribution in [2.24, 2.45) is 5.92 Å². The molecule has 0 saturated heterocycles. The Balaban J connectivity index is 1.57. The number of benzene rings is 1. The van der Waals surface area contributed by atoms with Crippen LogP contribution >= 0.6 is 0 Å². The zero-order chi connectivity index (χ0) is 17.4. The Morgan fingerprint density at radius 1 is 1.32 bits per heavy atom. The molecular formula is C20H21N3O2. The average molecular weight is 335 g/mol. The summed E-state index contributed by atoms with van der Waals surface area (Å²) in [5, 5.41) is 5.93. The minimum atomic E-state index is -0.0998. The molecule has 2 aliphatic rings. The molecule has 0 atom stereocenters. The van der Waals surface area contributed by atoms with E-state index in [4.69, 9.17) is 0 Å². The number of carbonyl (C=O) groups excluding carboxylic acids is 2. The van der Waals surface area contributed by atoms with Gasteiger partial charge in [0, 0.05) is 35.8 Å². The van der Waals surface area contributed by atoms with E-state index in [0.29, 0.717) is 24.3 Å². The molecule has 1 aromatic carbocycles. The summed E-state index contributed by atoms with van der Waals surface area (Å²) < 4.78 is 0. The number of hydrogen-bond donors (Lipinski definition) is 2. The van der Waals surface area contributed by atoms with Crippen LogP contribution in [0.5, 0.6) is 0 Å². The van der Waals surface area contributed by atoms with Gasteiger partial charge in [-0.3, -0.25) is 14.6 Å². The van der Waals surface area contributed by atoms with Crippen LogP contribution in [-0.2, 0) is 17.6 Å². The standard InChI is InChI=1S/C20H21N3O2/c1-12-8-16(10-14-4-5-18(24)23-19(12)14)22-20(25)17-6-7-21-11-15(17)9-13-2-3-13/h6-8,10-11,13H,2-5,9H2,1H3,(H,22,25)(H,23,24). The summed E-state index contributed by atoms with van der Waals surface area (Å²) in [6, 6.07) is 5.66. The number of pyridine rings is 1. The summed E-state index contributed by atoms with van der Waals surface area (Å²) in [7, 11) is 0. The number of hydrogen-bond acceptors (Lipinski definition) is 3. The van der Waals surface area contributed by atoms with Gasteiger partial charge in [-0.15, -0.1) is 0 Å². The number of anilines is 2. The first-order valence-electron chi connectivity index (χ1n) is 8.78. The fraction of sp³-hybridized carbons (Fsp3) is 0.350. The molecule has 0 unspecified atom stereocenters. The summed E-state index contributed by atoms with van der Waals surface area (Å²) in [5.74, 6) is 0.650. The third-order valence-corrected chi connectivity index (χ3v) is 4.91. The fourth-order valence-corrected chi connectivity index (χ4v) is 3.40. The number of carbonyl (C=O) groups is 2. The van der Waals surface area contributed by atoms with Gasteiger partial charge in [0.1, 0.15) is 0 Å². The van der Waals surface area contributed by atoms with Crippen molar-refractivity contribution in [2.45, 2.75) is 39.0 Å². The second kappa shape index (κ2) is 6.31. The van der Waals surface area contributed by atoms with Crippen molar-refractivity contribution in [1.82, 2.24) is 4.98 Å². The van der Waals surface area contributed by atoms with Crippen LogP contribution in [-0.4, -0.2) is 16.8 Å². The van der Waals surface area contributed by atoms with Crippen LogP contribution in [0, 0.1) is 12.8 Å². The lowest BCUT2D eigenvalue weighted by molar-refractivity contribution is -0.116. The molecule has 0 bridgehead atoms. The highest BCUT2D eigenvalue weighted by atomic mass is 16.2. The minimum Gasteiger partial charge on any atom is -0.326 e. The van der Waals surface area contributed by atoms with Gasteiger partial charge >= 0.3 is 0 Å². The predicted octanol–water partition coefficient (Wildman–Crippen LogP) is 3.48. The molecule has 2 N–H and O–H groups in total. The molecule has 2 amide bonds. The predicted molar refractivity (Wildman–Crippen MR) is 96.7 cm³/mol. The van der Waals surface area contributed by atoms with E-state index in [2.05, 4.69) is 15.6 Å². The van der Waals surface area contributed by atoms with Gasteiger partial charge in [-0.2, -0.15) is 0 Å². The zero-order valence-corrected chi connectivity index (χ0v) is 14.3. The number of fused-ring (bicyclic) bond motifs is 1. The van der Waals surface area contributed by atoms with E-state index >= 15 is 0 Å². The highest BCUT2D eigenvalue weighted by molar-refractivity contribution is 6.05. The van der Waals surface area contributed by atoms with Crippen LogP contribution in [0.15, 0.2) is 30.6 Å². The molecule has 1 fully saturated rings. The van der Waals surface area contributed by atoms with Gasteiger partial charge < -0.3 is 10.6 Å². The fourth-order valence-electron chi connectivity index (χ4n) is 3.40. The first-order chi connectivity index (χ1) is 12.1. The van der Waals surface area contributed by atoms with Gasteiger partial charge in [-0.25, -0.2) is 0 Å². The maximum Gasteiger partial charge on any atom is 0.256 e. The number of nitrogens with one attached hydrogen (secondary N) is 2. The van der Waals surface area contributed by atoms with Crippen molar-refractivity contribution in [3.8, 4) is 0 Å². The lowest BCUT2D eigenvalue weighted by Gasteiger charge is -2.20. The van der Waals surface area contributed by atoms with Crippen LogP contribution < -0.4 is 10.6 Å². The lowest BCUT2D eigenvalue weighted by atomic mass is 9.98. The quantitative estimate of drug-likeness (QED) is 0.898. The number of aromatic nitrogens is 1. The van der Waals surface area contributed by atoms with Crippen LogP contribution in [0.3, 0.4) is 0 Å². The van der Waals surface area contributed by atoms with E-state index in [0.717, 1.165) is 34.5 Å². The minimum absolute atomic E-state index is 0.0499. The number of nitrogens with zero attached hydrogens (tertiary/aromatic N) is 1. The summed E-state index contributed by atoms with van der Waals surface area (Å²) in [6.45, 7) is 1.95. The first-order valence-corrected chi connectivity index (χ1v) is 8.78. The molecule has 1 aliphatic carbocycles. The Hall–Kier alpha value is -2.69. The van der Waals surface area contributed by atoms with Gasteiger partial charge in [0.2, 0.25) is 5.91 Å². The highest BCUT2D eigenvalue weighted by Gasteiger charge is 2.24. The molecule has 0 radical (unpaired) electrons. The van der Waals surface area contributed by atoms with E-state index < -0.39 is 0 Å². The van der Waals surface area contributed by atoms with Crippen molar-refractivity contribution >= 4 is 23.2 Å². The topological polar surface area (TPSA) is 71.1 Å². The van der Waals surface area contributed by atoms with Crippen LogP contribution in [0.2, 0.25) is 0 Å². The van der Waals surface area contributed by atoms with Crippen molar-refractivity contribution in [2.75, 3.05) is 10.6 Å². The largest absolute Gasteiger partial charge is 0.326 e. The molecule has 128 valence electrons. The summed E-state index contributed by atoms with van der Waals surface area (Å²) >= 11 is 0. The van der Waals surface area contributed by atoms with Gasteiger partial charge in [-0.1, -0.05) is 0 Å². The van der Waals surface area contributed by atoms with Crippen LogP contribution in [0.1, 0.15) is 46.3 Å². The maximum absolute atomic E-state index is 12.8. The molecule has 2 aromatic rings. The Bertz CT molecular complexity index is 856. The first kappa shape index (κ1) is 15.8. The smallest absolute Gasteiger partial charge is 0.256 e. The summed E-state index contributed by atoms with van der Waals surface area (Å²) in [4.78, 5) is 28.5. The third-order valence-electron chi connectivity index (χ3n) is 4.91. The monoisotopic (exact) mass is 335 g/mol. The summed E-state index contributed by atoms with van der Waals surface area (Å²) in [6.07, 6.45) is 8.07. The van der Waals surface area contributed by atoms with E-state index in [1.807, 2.05) is 19.1 Å². The average Bonchev–Trinajstić information content (AvgIpc) is 3.40. The molecule has 5 heteroatoms. The zero-order valence-electron chi connectivity index (χ0n) is 14.3. The third kappa shape index (κ3) is 3.40. The van der Waals surface area contributed by atoms with Gasteiger partial charge in [-0.05, 0) is 73.4 Å². The van der Waals surface area contributed by atoms with Crippen molar-refractivity contribution < 1.29 is 9.59 Å². The van der Waals surface area contributed by atoms with E-state index in [9.17, 15) is 9.59 Å². The normalized spacial score (nSPS) is 16.1. The van der Waals surface area contributed by atoms with E-state index in [1.165, 1.54) is 12.8 Å².